The lowest BCUT2D eigenvalue weighted by atomic mass is 10.2. The molecule has 0 radical (unpaired) electrons. The van der Waals surface area contributed by atoms with Crippen LogP contribution in [0.2, 0.25) is 10.0 Å². The summed E-state index contributed by atoms with van der Waals surface area (Å²) in [6, 6.07) is 13.3. The van der Waals surface area contributed by atoms with E-state index in [4.69, 9.17) is 28.0 Å². The van der Waals surface area contributed by atoms with Crippen LogP contribution in [0.15, 0.2) is 77.6 Å². The predicted molar refractivity (Wildman–Crippen MR) is 121 cm³/mol. The van der Waals surface area contributed by atoms with Crippen molar-refractivity contribution in [2.75, 3.05) is 7.11 Å². The van der Waals surface area contributed by atoms with E-state index >= 15 is 0 Å². The van der Waals surface area contributed by atoms with Gasteiger partial charge in [-0.1, -0.05) is 39.6 Å². The third kappa shape index (κ3) is 7.35. The summed E-state index contributed by atoms with van der Waals surface area (Å²) in [4.78, 5) is 10.0. The Morgan fingerprint density at radius 3 is 1.84 bits per heavy atom. The predicted octanol–water partition coefficient (Wildman–Crippen LogP) is 4.19. The molecule has 0 bridgehead atoms. The minimum Gasteiger partial charge on any atom is -0.399 e. The normalized spacial score (nSPS) is 11.3. The highest BCUT2D eigenvalue weighted by atomic mass is 35.5. The average molecular weight is 459 g/mol. The summed E-state index contributed by atoms with van der Waals surface area (Å²) in [5, 5.41) is 8.90. The first kappa shape index (κ1) is 22.7. The molecule has 2 heterocycles. The van der Waals surface area contributed by atoms with E-state index in [1.54, 1.807) is 30.6 Å². The molecule has 0 aliphatic rings. The minimum absolute atomic E-state index is 0.222. The Kier molecular flexibility index (Phi) is 8.82. The number of oxime groups is 2. The number of halogens is 2. The lowest BCUT2D eigenvalue weighted by Crippen LogP contribution is -2.38. The summed E-state index contributed by atoms with van der Waals surface area (Å²) in [5.74, 6) is 0. The number of pyridine rings is 2. The fourth-order valence-corrected chi connectivity index (χ4v) is 3.33. The Morgan fingerprint density at radius 2 is 1.32 bits per heavy atom. The van der Waals surface area contributed by atoms with Gasteiger partial charge in [0.2, 0.25) is 0 Å². The third-order valence-corrected chi connectivity index (χ3v) is 5.23. The van der Waals surface area contributed by atoms with Crippen LogP contribution in [-0.4, -0.2) is 19.5 Å². The number of benzene rings is 1. The van der Waals surface area contributed by atoms with Crippen LogP contribution in [0.5, 0.6) is 0 Å². The second kappa shape index (κ2) is 12.0. The van der Waals surface area contributed by atoms with E-state index in [0.29, 0.717) is 10.0 Å². The van der Waals surface area contributed by atoms with Crippen LogP contribution in [0.4, 0.5) is 0 Å². The van der Waals surface area contributed by atoms with Crippen molar-refractivity contribution in [3.05, 3.63) is 94.0 Å². The Hall–Kier alpha value is -2.96. The Labute approximate surface area is 191 Å². The fourth-order valence-electron chi connectivity index (χ4n) is 2.83. The van der Waals surface area contributed by atoms with Crippen LogP contribution in [0, 0.1) is 0 Å². The average Bonchev–Trinajstić information content (AvgIpc) is 2.79. The van der Waals surface area contributed by atoms with Gasteiger partial charge in [0.25, 0.3) is 0 Å². The van der Waals surface area contributed by atoms with E-state index in [1.807, 2.05) is 49.1 Å². The molecule has 0 atom stereocenters. The van der Waals surface area contributed by atoms with Crippen molar-refractivity contribution in [1.29, 1.82) is 0 Å². The molecule has 0 amide bonds. The molecule has 8 heteroatoms. The standard InChI is InChI=1S/C23H24Cl2N4O2/c1-30-26-16-19-6-12-28(13-7-19)10-3-11-29-14-8-20(9-15-29)17-27-31-18-21-22(24)4-2-5-23(21)25/h2,4-9,12-17H,3,10-11,18H2,1H3/q+2/b26-16-,27-17-. The molecule has 2 aromatic heterocycles. The van der Waals surface area contributed by atoms with Crippen LogP contribution in [0.3, 0.4) is 0 Å². The number of aromatic nitrogens is 2. The van der Waals surface area contributed by atoms with Gasteiger partial charge in [-0.2, -0.15) is 0 Å². The molecule has 3 rings (SSSR count). The first-order valence-corrected chi connectivity index (χ1v) is 10.5. The molecule has 31 heavy (non-hydrogen) atoms. The van der Waals surface area contributed by atoms with E-state index in [-0.39, 0.29) is 6.61 Å². The molecule has 0 saturated carbocycles. The molecule has 0 unspecified atom stereocenters. The van der Waals surface area contributed by atoms with E-state index < -0.39 is 0 Å². The van der Waals surface area contributed by atoms with Crippen LogP contribution >= 0.6 is 23.2 Å². The lowest BCUT2D eigenvalue weighted by molar-refractivity contribution is -0.726. The Balaban J connectivity index is 1.42. The smallest absolute Gasteiger partial charge is 0.169 e. The quantitative estimate of drug-likeness (QED) is 0.259. The van der Waals surface area contributed by atoms with Crippen LogP contribution < -0.4 is 9.13 Å². The zero-order valence-corrected chi connectivity index (χ0v) is 18.7. The maximum Gasteiger partial charge on any atom is 0.169 e. The number of rotatable bonds is 10. The maximum absolute atomic E-state index is 6.12. The summed E-state index contributed by atoms with van der Waals surface area (Å²) in [7, 11) is 1.53. The molecule has 0 fully saturated rings. The van der Waals surface area contributed by atoms with Gasteiger partial charge in [-0.15, -0.1) is 0 Å². The molecule has 0 saturated heterocycles. The molecular formula is C23H24Cl2N4O2+2. The van der Waals surface area contributed by atoms with Crippen molar-refractivity contribution in [3.63, 3.8) is 0 Å². The summed E-state index contributed by atoms with van der Waals surface area (Å²) in [6.45, 7) is 2.06. The largest absolute Gasteiger partial charge is 0.399 e. The van der Waals surface area contributed by atoms with Gasteiger partial charge in [0.15, 0.2) is 37.9 Å². The van der Waals surface area contributed by atoms with Crippen molar-refractivity contribution in [3.8, 4) is 0 Å². The van der Waals surface area contributed by atoms with Gasteiger partial charge in [0.05, 0.1) is 18.9 Å². The molecule has 0 N–H and O–H groups in total. The minimum atomic E-state index is 0.222. The van der Waals surface area contributed by atoms with Gasteiger partial charge in [-0.05, 0) is 12.1 Å². The van der Waals surface area contributed by atoms with Crippen molar-refractivity contribution < 1.29 is 18.8 Å². The molecule has 1 aromatic carbocycles. The number of hydrogen-bond donors (Lipinski definition) is 0. The summed E-state index contributed by atoms with van der Waals surface area (Å²) in [6.07, 6.45) is 12.5. The Morgan fingerprint density at radius 1 is 0.806 bits per heavy atom. The molecular weight excluding hydrogens is 435 g/mol. The summed E-state index contributed by atoms with van der Waals surface area (Å²) < 4.78 is 4.29. The van der Waals surface area contributed by atoms with Crippen molar-refractivity contribution in [2.45, 2.75) is 26.1 Å². The third-order valence-electron chi connectivity index (χ3n) is 4.52. The van der Waals surface area contributed by atoms with Crippen LogP contribution in [0.25, 0.3) is 0 Å². The van der Waals surface area contributed by atoms with E-state index in [9.17, 15) is 0 Å². The lowest BCUT2D eigenvalue weighted by Gasteiger charge is -2.04. The highest BCUT2D eigenvalue weighted by Gasteiger charge is 2.06. The highest BCUT2D eigenvalue weighted by Crippen LogP contribution is 2.24. The molecule has 0 aliphatic carbocycles. The second-order valence-electron chi connectivity index (χ2n) is 6.72. The van der Waals surface area contributed by atoms with Gasteiger partial charge in [0.1, 0.15) is 13.7 Å². The van der Waals surface area contributed by atoms with Gasteiger partial charge < -0.3 is 9.68 Å². The molecule has 3 aromatic rings. The van der Waals surface area contributed by atoms with E-state index in [1.165, 1.54) is 7.11 Å². The zero-order chi connectivity index (χ0) is 21.9. The second-order valence-corrected chi connectivity index (χ2v) is 7.53. The van der Waals surface area contributed by atoms with Crippen LogP contribution in [0.1, 0.15) is 23.1 Å². The zero-order valence-electron chi connectivity index (χ0n) is 17.2. The molecule has 0 spiro atoms. The summed E-state index contributed by atoms with van der Waals surface area (Å²) >= 11 is 12.2. The topological polar surface area (TPSA) is 50.9 Å². The monoisotopic (exact) mass is 458 g/mol. The van der Waals surface area contributed by atoms with E-state index in [0.717, 1.165) is 36.2 Å². The number of nitrogens with zero attached hydrogens (tertiary/aromatic N) is 4. The first-order chi connectivity index (χ1) is 15.2. The van der Waals surface area contributed by atoms with Gasteiger partial charge in [-0.25, -0.2) is 9.13 Å². The SMILES string of the molecule is CO/N=C\c1cc[n+](CCC[n+]2ccc(/C=N\OCc3c(Cl)cccc3Cl)cc2)cc1. The summed E-state index contributed by atoms with van der Waals surface area (Å²) in [5.41, 5.74) is 2.68. The van der Waals surface area contributed by atoms with Gasteiger partial charge in [0, 0.05) is 51.0 Å². The van der Waals surface area contributed by atoms with Gasteiger partial charge in [-0.3, -0.25) is 0 Å². The van der Waals surface area contributed by atoms with Crippen LogP contribution in [-0.2, 0) is 29.4 Å². The van der Waals surface area contributed by atoms with E-state index in [2.05, 4.69) is 24.3 Å². The van der Waals surface area contributed by atoms with Crippen molar-refractivity contribution in [1.82, 2.24) is 0 Å². The van der Waals surface area contributed by atoms with Crippen molar-refractivity contribution in [2.24, 2.45) is 10.3 Å². The number of aryl methyl sites for hydroxylation is 2. The molecule has 0 aliphatic heterocycles. The highest BCUT2D eigenvalue weighted by molar-refractivity contribution is 6.35. The first-order valence-electron chi connectivity index (χ1n) is 9.78. The fraction of sp³-hybridized carbons (Fsp3) is 0.217. The molecule has 160 valence electrons. The van der Waals surface area contributed by atoms with Gasteiger partial charge >= 0.3 is 0 Å². The van der Waals surface area contributed by atoms with Crippen molar-refractivity contribution >= 4 is 35.6 Å². The maximum atomic E-state index is 6.12. The molecule has 6 nitrogen and oxygen atoms in total. The number of hydrogen-bond acceptors (Lipinski definition) is 4. The Bertz CT molecular complexity index is 1000.